The lowest BCUT2D eigenvalue weighted by Gasteiger charge is -2.26. The molecule has 19 heavy (non-hydrogen) atoms. The number of nitro groups is 1. The van der Waals surface area contributed by atoms with Crippen LogP contribution in [0.25, 0.3) is 0 Å². The number of anilines is 1. The second kappa shape index (κ2) is 5.64. The number of nitrogens with zero attached hydrogens (tertiary/aromatic N) is 2. The number of carboxylic acids is 1. The number of aryl methyl sites for hydroxylation is 1. The number of hydrogen-bond acceptors (Lipinski definition) is 5. The zero-order chi connectivity index (χ0) is 14.6. The molecule has 7 nitrogen and oxygen atoms in total. The Balaban J connectivity index is 3.02. The molecule has 0 saturated heterocycles. The largest absolute Gasteiger partial charge is 0.480 e. The summed E-state index contributed by atoms with van der Waals surface area (Å²) in [5.41, 5.74) is -0.970. The third-order valence-electron chi connectivity index (χ3n) is 2.88. The fourth-order valence-electron chi connectivity index (χ4n) is 1.82. The van der Waals surface area contributed by atoms with Crippen LogP contribution in [0.5, 0.6) is 0 Å². The van der Waals surface area contributed by atoms with Crippen LogP contribution < -0.4 is 5.32 Å². The van der Waals surface area contributed by atoms with E-state index in [4.69, 9.17) is 0 Å². The zero-order valence-corrected chi connectivity index (χ0v) is 11.1. The van der Waals surface area contributed by atoms with Gasteiger partial charge < -0.3 is 10.4 Å². The molecule has 0 bridgehead atoms. The van der Waals surface area contributed by atoms with Gasteiger partial charge in [0.25, 0.3) is 5.69 Å². The summed E-state index contributed by atoms with van der Waals surface area (Å²) in [6.07, 6.45) is 1.13. The van der Waals surface area contributed by atoms with Crippen molar-refractivity contribution in [3.8, 4) is 0 Å². The first-order chi connectivity index (χ1) is 8.80. The normalized spacial score (nSPS) is 13.6. The van der Waals surface area contributed by atoms with Crippen molar-refractivity contribution in [1.82, 2.24) is 4.98 Å². The highest BCUT2D eigenvalue weighted by atomic mass is 16.6. The fourth-order valence-corrected chi connectivity index (χ4v) is 1.82. The third-order valence-corrected chi connectivity index (χ3v) is 2.88. The van der Waals surface area contributed by atoms with E-state index >= 15 is 0 Å². The van der Waals surface area contributed by atoms with Crippen LogP contribution >= 0.6 is 0 Å². The summed E-state index contributed by atoms with van der Waals surface area (Å²) in [4.78, 5) is 25.5. The van der Waals surface area contributed by atoms with E-state index in [1.807, 2.05) is 6.92 Å². The summed E-state index contributed by atoms with van der Waals surface area (Å²) >= 11 is 0. The Labute approximate surface area is 110 Å². The van der Waals surface area contributed by atoms with E-state index in [2.05, 4.69) is 10.3 Å². The molecule has 0 aliphatic heterocycles. The molecule has 1 atom stereocenters. The van der Waals surface area contributed by atoms with E-state index in [0.29, 0.717) is 18.7 Å². The van der Waals surface area contributed by atoms with Gasteiger partial charge in [-0.1, -0.05) is 13.3 Å². The zero-order valence-electron chi connectivity index (χ0n) is 11.1. The highest BCUT2D eigenvalue weighted by molar-refractivity contribution is 5.81. The number of hydrogen-bond donors (Lipinski definition) is 2. The van der Waals surface area contributed by atoms with Crippen molar-refractivity contribution >= 4 is 17.5 Å². The number of pyridine rings is 1. The standard InChI is InChI=1S/C12H17N3O4/c1-4-7-12(3,11(16)17)14-10-6-5-9(15(18)19)8(2)13-10/h5-6H,4,7H2,1-3H3,(H,13,14)(H,16,17). The van der Waals surface area contributed by atoms with E-state index in [-0.39, 0.29) is 11.4 Å². The summed E-state index contributed by atoms with van der Waals surface area (Å²) < 4.78 is 0. The molecule has 0 fully saturated rings. The van der Waals surface area contributed by atoms with E-state index in [1.165, 1.54) is 19.1 Å². The van der Waals surface area contributed by atoms with Crippen LogP contribution in [0.3, 0.4) is 0 Å². The van der Waals surface area contributed by atoms with Crippen molar-refractivity contribution in [3.63, 3.8) is 0 Å². The Morgan fingerprint density at radius 2 is 2.21 bits per heavy atom. The molecule has 0 amide bonds. The average molecular weight is 267 g/mol. The van der Waals surface area contributed by atoms with E-state index in [1.54, 1.807) is 6.92 Å². The molecule has 0 aliphatic carbocycles. The van der Waals surface area contributed by atoms with Gasteiger partial charge in [0, 0.05) is 6.07 Å². The second-order valence-corrected chi connectivity index (χ2v) is 4.57. The van der Waals surface area contributed by atoms with Crippen LogP contribution in [0.2, 0.25) is 0 Å². The van der Waals surface area contributed by atoms with Gasteiger partial charge in [-0.2, -0.15) is 0 Å². The molecule has 1 rings (SSSR count). The minimum atomic E-state index is -1.13. The van der Waals surface area contributed by atoms with Crippen LogP contribution in [-0.4, -0.2) is 26.5 Å². The van der Waals surface area contributed by atoms with E-state index in [9.17, 15) is 20.0 Å². The highest BCUT2D eigenvalue weighted by Gasteiger charge is 2.32. The molecular weight excluding hydrogens is 250 g/mol. The lowest BCUT2D eigenvalue weighted by molar-refractivity contribution is -0.385. The predicted molar refractivity (Wildman–Crippen MR) is 70.2 cm³/mol. The first-order valence-corrected chi connectivity index (χ1v) is 5.94. The topological polar surface area (TPSA) is 105 Å². The number of aromatic nitrogens is 1. The van der Waals surface area contributed by atoms with Crippen molar-refractivity contribution in [2.24, 2.45) is 0 Å². The van der Waals surface area contributed by atoms with Crippen LogP contribution in [0, 0.1) is 17.0 Å². The molecule has 2 N–H and O–H groups in total. The minimum absolute atomic E-state index is 0.0851. The van der Waals surface area contributed by atoms with E-state index < -0.39 is 16.4 Å². The summed E-state index contributed by atoms with van der Waals surface area (Å²) in [5, 5.41) is 22.7. The molecule has 0 aromatic carbocycles. The predicted octanol–water partition coefficient (Wildman–Crippen LogP) is 2.35. The number of aliphatic carboxylic acids is 1. The summed E-state index contributed by atoms with van der Waals surface area (Å²) in [7, 11) is 0. The number of carbonyl (C=O) groups is 1. The molecule has 7 heteroatoms. The molecule has 0 spiro atoms. The quantitative estimate of drug-likeness (QED) is 0.605. The summed E-state index contributed by atoms with van der Waals surface area (Å²) in [6, 6.07) is 2.74. The molecule has 1 aromatic heterocycles. The third kappa shape index (κ3) is 3.40. The van der Waals surface area contributed by atoms with Crippen molar-refractivity contribution in [2.75, 3.05) is 5.32 Å². The van der Waals surface area contributed by atoms with Gasteiger partial charge in [0.2, 0.25) is 0 Å². The maximum Gasteiger partial charge on any atom is 0.329 e. The number of carboxylic acid groups (broad SMARTS) is 1. The molecule has 0 aliphatic rings. The van der Waals surface area contributed by atoms with Crippen LogP contribution in [0.15, 0.2) is 12.1 Å². The molecule has 0 radical (unpaired) electrons. The fraction of sp³-hybridized carbons (Fsp3) is 0.500. The number of rotatable bonds is 6. The first-order valence-electron chi connectivity index (χ1n) is 5.94. The Hall–Kier alpha value is -2.18. The Bertz CT molecular complexity index is 504. The van der Waals surface area contributed by atoms with Crippen LogP contribution in [0.4, 0.5) is 11.5 Å². The van der Waals surface area contributed by atoms with Gasteiger partial charge in [-0.15, -0.1) is 0 Å². The van der Waals surface area contributed by atoms with Gasteiger partial charge in [0.15, 0.2) is 0 Å². The Kier molecular flexibility index (Phi) is 4.42. The smallest absolute Gasteiger partial charge is 0.329 e. The monoisotopic (exact) mass is 267 g/mol. The van der Waals surface area contributed by atoms with Gasteiger partial charge >= 0.3 is 5.97 Å². The second-order valence-electron chi connectivity index (χ2n) is 4.57. The average Bonchev–Trinajstić information content (AvgIpc) is 2.28. The van der Waals surface area contributed by atoms with Gasteiger partial charge in [0.1, 0.15) is 17.1 Å². The van der Waals surface area contributed by atoms with Crippen LogP contribution in [0.1, 0.15) is 32.4 Å². The molecule has 1 heterocycles. The molecule has 0 saturated carbocycles. The van der Waals surface area contributed by atoms with Crippen LogP contribution in [-0.2, 0) is 4.79 Å². The maximum atomic E-state index is 11.3. The van der Waals surface area contributed by atoms with Crippen molar-refractivity contribution in [2.45, 2.75) is 39.2 Å². The lowest BCUT2D eigenvalue weighted by atomic mass is 9.96. The lowest BCUT2D eigenvalue weighted by Crippen LogP contribution is -2.43. The van der Waals surface area contributed by atoms with Gasteiger partial charge in [-0.3, -0.25) is 10.1 Å². The van der Waals surface area contributed by atoms with Gasteiger partial charge in [-0.25, -0.2) is 9.78 Å². The molecular formula is C12H17N3O4. The van der Waals surface area contributed by atoms with Crippen molar-refractivity contribution in [1.29, 1.82) is 0 Å². The highest BCUT2D eigenvalue weighted by Crippen LogP contribution is 2.22. The summed E-state index contributed by atoms with van der Waals surface area (Å²) in [5.74, 6) is -0.659. The van der Waals surface area contributed by atoms with E-state index in [0.717, 1.165) is 0 Å². The number of nitrogens with one attached hydrogen (secondary N) is 1. The van der Waals surface area contributed by atoms with Gasteiger partial charge in [0.05, 0.1) is 4.92 Å². The maximum absolute atomic E-state index is 11.3. The van der Waals surface area contributed by atoms with Crippen molar-refractivity contribution in [3.05, 3.63) is 27.9 Å². The first kappa shape index (κ1) is 14.9. The van der Waals surface area contributed by atoms with Gasteiger partial charge in [-0.05, 0) is 26.3 Å². The summed E-state index contributed by atoms with van der Waals surface area (Å²) in [6.45, 7) is 4.97. The Morgan fingerprint density at radius 1 is 1.58 bits per heavy atom. The molecule has 1 unspecified atom stereocenters. The SMILES string of the molecule is CCCC(C)(Nc1ccc([N+](=O)[O-])c(C)n1)C(=O)O. The van der Waals surface area contributed by atoms with Crippen molar-refractivity contribution < 1.29 is 14.8 Å². The Morgan fingerprint density at radius 3 is 2.63 bits per heavy atom. The molecule has 1 aromatic rings. The minimum Gasteiger partial charge on any atom is -0.480 e. The molecule has 104 valence electrons.